The van der Waals surface area contributed by atoms with Crippen LogP contribution in [0, 0.1) is 0 Å². The third kappa shape index (κ3) is 5.75. The summed E-state index contributed by atoms with van der Waals surface area (Å²) >= 11 is 0. The molecule has 16 rings (SSSR count). The Labute approximate surface area is 436 Å². The number of pyridine rings is 2. The minimum atomic E-state index is -0.428. The number of aromatic nitrogens is 2. The van der Waals surface area contributed by atoms with Crippen molar-refractivity contribution in [3.8, 4) is 77.9 Å². The highest BCUT2D eigenvalue weighted by Gasteiger charge is 2.53. The largest absolute Gasteiger partial charge is 0.310 e. The minimum Gasteiger partial charge on any atom is -0.310 e. The molecule has 3 nitrogen and oxygen atoms in total. The Morgan fingerprint density at radius 3 is 0.880 bits per heavy atom. The maximum atomic E-state index is 4.49. The molecule has 0 amide bonds. The van der Waals surface area contributed by atoms with Gasteiger partial charge >= 0.3 is 0 Å². The normalized spacial score (nSPS) is 13.8. The van der Waals surface area contributed by atoms with E-state index >= 15 is 0 Å². The molecular formula is C72H45N3. The molecule has 0 bridgehead atoms. The lowest BCUT2D eigenvalue weighted by molar-refractivity contribution is 0.793. The molecule has 12 aromatic rings. The zero-order chi connectivity index (χ0) is 49.2. The van der Waals surface area contributed by atoms with Crippen LogP contribution in [0.2, 0.25) is 0 Å². The summed E-state index contributed by atoms with van der Waals surface area (Å²) in [6, 6.07) is 93.2. The van der Waals surface area contributed by atoms with E-state index in [9.17, 15) is 0 Å². The molecule has 0 radical (unpaired) electrons. The van der Waals surface area contributed by atoms with E-state index < -0.39 is 10.8 Å². The second-order valence-corrected chi connectivity index (χ2v) is 20.4. The molecule has 0 saturated carbocycles. The lowest BCUT2D eigenvalue weighted by atomic mass is 9.70. The van der Waals surface area contributed by atoms with Gasteiger partial charge in [-0.3, -0.25) is 9.97 Å². The van der Waals surface area contributed by atoms with Crippen LogP contribution in [-0.2, 0) is 10.8 Å². The Balaban J connectivity index is 0.904. The second kappa shape index (κ2) is 15.9. The topological polar surface area (TPSA) is 29.0 Å². The van der Waals surface area contributed by atoms with Crippen molar-refractivity contribution in [2.24, 2.45) is 0 Å². The van der Waals surface area contributed by atoms with E-state index in [1.807, 2.05) is 36.9 Å². The number of nitrogens with zero attached hydrogens (tertiary/aromatic N) is 3. The quantitative estimate of drug-likeness (QED) is 0.166. The van der Waals surface area contributed by atoms with Crippen LogP contribution in [0.4, 0.5) is 17.1 Å². The van der Waals surface area contributed by atoms with Gasteiger partial charge in [0, 0.05) is 53.0 Å². The van der Waals surface area contributed by atoms with Crippen molar-refractivity contribution in [2.45, 2.75) is 10.8 Å². The Morgan fingerprint density at radius 2 is 0.533 bits per heavy atom. The van der Waals surface area contributed by atoms with Gasteiger partial charge in [0.2, 0.25) is 0 Å². The first kappa shape index (κ1) is 41.9. The van der Waals surface area contributed by atoms with Gasteiger partial charge in [-0.2, -0.15) is 0 Å². The highest BCUT2D eigenvalue weighted by molar-refractivity contribution is 5.99. The van der Waals surface area contributed by atoms with Crippen LogP contribution in [0.25, 0.3) is 77.9 Å². The van der Waals surface area contributed by atoms with E-state index in [1.54, 1.807) is 0 Å². The molecule has 2 spiro atoms. The molecule has 3 heteroatoms. The molecule has 0 aliphatic heterocycles. The number of rotatable bonds is 6. The summed E-state index contributed by atoms with van der Waals surface area (Å²) in [6.07, 6.45) is 7.54. The smallest absolute Gasteiger partial charge is 0.0725 e. The molecule has 0 saturated heterocycles. The molecule has 0 fully saturated rings. The average Bonchev–Trinajstić information content (AvgIpc) is 4.21. The lowest BCUT2D eigenvalue weighted by Gasteiger charge is -2.32. The minimum absolute atomic E-state index is 0.428. The summed E-state index contributed by atoms with van der Waals surface area (Å²) in [4.78, 5) is 11.5. The van der Waals surface area contributed by atoms with Crippen LogP contribution in [0.5, 0.6) is 0 Å². The summed E-state index contributed by atoms with van der Waals surface area (Å²) < 4.78 is 0. The highest BCUT2D eigenvalue weighted by Crippen LogP contribution is 2.65. The zero-order valence-electron chi connectivity index (χ0n) is 40.8. The van der Waals surface area contributed by atoms with Crippen molar-refractivity contribution in [1.29, 1.82) is 0 Å². The van der Waals surface area contributed by atoms with E-state index in [4.69, 9.17) is 0 Å². The summed E-state index contributed by atoms with van der Waals surface area (Å²) in [6.45, 7) is 0. The van der Waals surface area contributed by atoms with Crippen molar-refractivity contribution in [1.82, 2.24) is 9.97 Å². The van der Waals surface area contributed by atoms with Crippen molar-refractivity contribution in [2.75, 3.05) is 4.90 Å². The molecule has 348 valence electrons. The Bertz CT molecular complexity index is 3960. The summed E-state index contributed by atoms with van der Waals surface area (Å²) in [5, 5.41) is 0. The van der Waals surface area contributed by atoms with Gasteiger partial charge < -0.3 is 4.90 Å². The molecule has 0 N–H and O–H groups in total. The third-order valence-corrected chi connectivity index (χ3v) is 16.9. The number of benzene rings is 10. The van der Waals surface area contributed by atoms with Gasteiger partial charge in [-0.25, -0.2) is 0 Å². The zero-order valence-corrected chi connectivity index (χ0v) is 40.8. The Hall–Kier alpha value is -9.70. The fourth-order valence-electron chi connectivity index (χ4n) is 13.9. The van der Waals surface area contributed by atoms with Crippen LogP contribution in [0.15, 0.2) is 274 Å². The standard InChI is InChI=1S/C72H45N3/c1-7-23-63-55(17-1)56-18-2-8-24-64(56)71(63)67-27-11-5-21-59(67)61-42-53(33-35-69(61)71)75(52-31-29-46(30-32-52)49-39-50(47-15-13-37-73-44-47)41-51(40-49)48-16-14-38-74-45-48)54-34-36-70-62(43-54)60-22-6-12-28-68(60)72(70)65-25-9-3-19-57(65)58-20-4-10-26-66(58)72/h1-45H. The van der Waals surface area contributed by atoms with E-state index in [0.29, 0.717) is 0 Å². The van der Waals surface area contributed by atoms with Crippen molar-refractivity contribution < 1.29 is 0 Å². The first-order chi connectivity index (χ1) is 37.2. The van der Waals surface area contributed by atoms with Gasteiger partial charge in [-0.05, 0) is 178 Å². The van der Waals surface area contributed by atoms with Crippen molar-refractivity contribution in [3.63, 3.8) is 0 Å². The Kier molecular flexibility index (Phi) is 8.88. The highest BCUT2D eigenvalue weighted by atomic mass is 15.1. The maximum Gasteiger partial charge on any atom is 0.0725 e. The predicted molar refractivity (Wildman–Crippen MR) is 306 cm³/mol. The second-order valence-electron chi connectivity index (χ2n) is 20.4. The monoisotopic (exact) mass is 951 g/mol. The molecule has 10 aromatic carbocycles. The molecule has 75 heavy (non-hydrogen) atoms. The molecule has 4 aliphatic rings. The molecule has 0 atom stereocenters. The fourth-order valence-corrected chi connectivity index (χ4v) is 13.9. The summed E-state index contributed by atoms with van der Waals surface area (Å²) in [5.74, 6) is 0. The van der Waals surface area contributed by atoms with Gasteiger partial charge in [0.1, 0.15) is 0 Å². The molecule has 0 unspecified atom stereocenters. The SMILES string of the molecule is c1cncc(-c2cc(-c3ccc(N(c4ccc5c(c4)-c4ccccc4C54c5ccccc5-c5ccccc54)c4ccc5c(c4)-c4ccccc4C54c5ccccc5-c5ccccc54)cc3)cc(-c3cccnc3)c2)c1. The van der Waals surface area contributed by atoms with Crippen LogP contribution in [-0.4, -0.2) is 9.97 Å². The van der Waals surface area contributed by atoms with Gasteiger partial charge in [-0.15, -0.1) is 0 Å². The fraction of sp³-hybridized carbons (Fsp3) is 0.0278. The van der Waals surface area contributed by atoms with Gasteiger partial charge in [0.05, 0.1) is 10.8 Å². The molecule has 2 heterocycles. The van der Waals surface area contributed by atoms with Crippen molar-refractivity contribution in [3.05, 3.63) is 318 Å². The van der Waals surface area contributed by atoms with E-state index in [1.165, 1.54) is 89.0 Å². The molecular weight excluding hydrogens is 907 g/mol. The average molecular weight is 952 g/mol. The van der Waals surface area contributed by atoms with Crippen LogP contribution in [0.1, 0.15) is 44.5 Å². The van der Waals surface area contributed by atoms with Crippen molar-refractivity contribution >= 4 is 17.1 Å². The Morgan fingerprint density at radius 1 is 0.227 bits per heavy atom. The van der Waals surface area contributed by atoms with E-state index in [-0.39, 0.29) is 0 Å². The van der Waals surface area contributed by atoms with Gasteiger partial charge in [0.15, 0.2) is 0 Å². The molecule has 2 aromatic heterocycles. The van der Waals surface area contributed by atoms with E-state index in [0.717, 1.165) is 50.4 Å². The summed E-state index contributed by atoms with van der Waals surface area (Å²) in [7, 11) is 0. The van der Waals surface area contributed by atoms with Crippen LogP contribution in [0.3, 0.4) is 0 Å². The van der Waals surface area contributed by atoms with E-state index in [2.05, 4.69) is 251 Å². The van der Waals surface area contributed by atoms with Crippen LogP contribution >= 0.6 is 0 Å². The first-order valence-electron chi connectivity index (χ1n) is 25.9. The third-order valence-electron chi connectivity index (χ3n) is 16.9. The number of anilines is 3. The van der Waals surface area contributed by atoms with Crippen LogP contribution < -0.4 is 4.90 Å². The predicted octanol–water partition coefficient (Wildman–Crippen LogP) is 17.6. The summed E-state index contributed by atoms with van der Waals surface area (Å²) in [5.41, 5.74) is 30.0. The number of fused-ring (bicyclic) bond motifs is 20. The lowest BCUT2D eigenvalue weighted by Crippen LogP contribution is -2.26. The van der Waals surface area contributed by atoms with Gasteiger partial charge in [0.25, 0.3) is 0 Å². The molecule has 4 aliphatic carbocycles. The number of hydrogen-bond donors (Lipinski definition) is 0. The first-order valence-corrected chi connectivity index (χ1v) is 25.9. The maximum absolute atomic E-state index is 4.49. The number of hydrogen-bond acceptors (Lipinski definition) is 3. The van der Waals surface area contributed by atoms with Gasteiger partial charge in [-0.1, -0.05) is 182 Å².